The van der Waals surface area contributed by atoms with Crippen LogP contribution in [0, 0.1) is 6.92 Å². The van der Waals surface area contributed by atoms with Crippen LogP contribution in [0.2, 0.25) is 0 Å². The van der Waals surface area contributed by atoms with E-state index in [0.717, 1.165) is 23.7 Å². The Bertz CT molecular complexity index is 326. The lowest BCUT2D eigenvalue weighted by molar-refractivity contribution is -0.111. The van der Waals surface area contributed by atoms with Gasteiger partial charge in [0.05, 0.1) is 18.9 Å². The number of hydrogen-bond acceptors (Lipinski definition) is 5. The van der Waals surface area contributed by atoms with Crippen molar-refractivity contribution >= 4 is 22.8 Å². The van der Waals surface area contributed by atoms with Gasteiger partial charge in [0.15, 0.2) is 5.13 Å². The van der Waals surface area contributed by atoms with Crippen LogP contribution in [0.15, 0.2) is 5.38 Å². The number of ether oxygens (including phenoxy) is 1. The van der Waals surface area contributed by atoms with Crippen molar-refractivity contribution in [1.82, 2.24) is 4.98 Å². The molecule has 0 radical (unpaired) electrons. The Balaban J connectivity index is 2.18. The minimum atomic E-state index is -0.172. The number of rotatable bonds is 2. The fourth-order valence-electron chi connectivity index (χ4n) is 1.45. The van der Waals surface area contributed by atoms with Crippen molar-refractivity contribution in [3.8, 4) is 0 Å². The fourth-order valence-corrected chi connectivity index (χ4v) is 2.33. The minimum Gasteiger partial charge on any atom is -0.377 e. The maximum atomic E-state index is 10.8. The molecule has 0 N–H and O–H groups in total. The SMILES string of the molecule is Cc1csc(N2CCOCC2C=O)n1. The molecular weight excluding hydrogens is 200 g/mol. The first-order chi connectivity index (χ1) is 6.81. The number of aldehydes is 1. The van der Waals surface area contributed by atoms with Gasteiger partial charge in [0, 0.05) is 11.9 Å². The number of nitrogens with zero attached hydrogens (tertiary/aromatic N) is 2. The van der Waals surface area contributed by atoms with Gasteiger partial charge in [0.2, 0.25) is 0 Å². The van der Waals surface area contributed by atoms with Crippen LogP contribution in [-0.2, 0) is 9.53 Å². The number of aromatic nitrogens is 1. The number of carbonyl (C=O) groups is 1. The molecule has 1 aliphatic heterocycles. The Kier molecular flexibility index (Phi) is 2.79. The van der Waals surface area contributed by atoms with Crippen LogP contribution in [0.3, 0.4) is 0 Å². The molecule has 0 saturated carbocycles. The predicted octanol–water partition coefficient (Wildman–Crippen LogP) is 0.856. The zero-order chi connectivity index (χ0) is 9.97. The highest BCUT2D eigenvalue weighted by Gasteiger charge is 2.24. The van der Waals surface area contributed by atoms with E-state index in [4.69, 9.17) is 4.74 Å². The Morgan fingerprint density at radius 2 is 2.64 bits per heavy atom. The summed E-state index contributed by atoms with van der Waals surface area (Å²) in [6.07, 6.45) is 0.926. The lowest BCUT2D eigenvalue weighted by atomic mass is 10.3. The number of carbonyl (C=O) groups excluding carboxylic acids is 1. The molecule has 0 amide bonds. The highest BCUT2D eigenvalue weighted by atomic mass is 32.1. The van der Waals surface area contributed by atoms with Crippen molar-refractivity contribution in [1.29, 1.82) is 0 Å². The number of aryl methyl sites for hydroxylation is 1. The molecule has 2 rings (SSSR count). The van der Waals surface area contributed by atoms with E-state index in [-0.39, 0.29) is 6.04 Å². The highest BCUT2D eigenvalue weighted by molar-refractivity contribution is 7.13. The maximum absolute atomic E-state index is 10.8. The maximum Gasteiger partial charge on any atom is 0.186 e. The monoisotopic (exact) mass is 212 g/mol. The van der Waals surface area contributed by atoms with Gasteiger partial charge < -0.3 is 14.4 Å². The number of morpholine rings is 1. The van der Waals surface area contributed by atoms with E-state index in [0.29, 0.717) is 13.2 Å². The summed E-state index contributed by atoms with van der Waals surface area (Å²) in [6, 6.07) is -0.172. The molecule has 2 heterocycles. The molecule has 1 aliphatic rings. The van der Waals surface area contributed by atoms with Crippen molar-refractivity contribution in [2.24, 2.45) is 0 Å². The van der Waals surface area contributed by atoms with Crippen molar-refractivity contribution in [2.75, 3.05) is 24.7 Å². The van der Waals surface area contributed by atoms with Gasteiger partial charge >= 0.3 is 0 Å². The molecule has 1 unspecified atom stereocenters. The largest absolute Gasteiger partial charge is 0.377 e. The van der Waals surface area contributed by atoms with Crippen LogP contribution in [0.25, 0.3) is 0 Å². The zero-order valence-corrected chi connectivity index (χ0v) is 8.79. The number of thiazole rings is 1. The first-order valence-corrected chi connectivity index (χ1v) is 5.41. The smallest absolute Gasteiger partial charge is 0.186 e. The molecule has 0 spiro atoms. The second-order valence-electron chi connectivity index (χ2n) is 3.24. The van der Waals surface area contributed by atoms with E-state index in [1.807, 2.05) is 17.2 Å². The van der Waals surface area contributed by atoms with Crippen molar-refractivity contribution in [3.63, 3.8) is 0 Å². The third kappa shape index (κ3) is 1.78. The first kappa shape index (κ1) is 9.61. The lowest BCUT2D eigenvalue weighted by Crippen LogP contribution is -2.46. The summed E-state index contributed by atoms with van der Waals surface area (Å²) in [7, 11) is 0. The van der Waals surface area contributed by atoms with E-state index in [1.165, 1.54) is 0 Å². The molecular formula is C9H12N2O2S. The third-order valence-electron chi connectivity index (χ3n) is 2.18. The summed E-state index contributed by atoms with van der Waals surface area (Å²) < 4.78 is 5.24. The van der Waals surface area contributed by atoms with Crippen LogP contribution in [0.5, 0.6) is 0 Å². The van der Waals surface area contributed by atoms with Crippen LogP contribution in [0.4, 0.5) is 5.13 Å². The second-order valence-corrected chi connectivity index (χ2v) is 4.08. The van der Waals surface area contributed by atoms with E-state index in [9.17, 15) is 4.79 Å². The standard InChI is InChI=1S/C9H12N2O2S/c1-7-6-14-9(10-7)11-2-3-13-5-8(11)4-12/h4,6,8H,2-3,5H2,1H3. The normalized spacial score (nSPS) is 22.4. The molecule has 14 heavy (non-hydrogen) atoms. The molecule has 0 aliphatic carbocycles. The van der Waals surface area contributed by atoms with Crippen LogP contribution in [0.1, 0.15) is 5.69 Å². The quantitative estimate of drug-likeness (QED) is 0.682. The van der Waals surface area contributed by atoms with Gasteiger partial charge in [-0.3, -0.25) is 0 Å². The van der Waals surface area contributed by atoms with Gasteiger partial charge in [0.1, 0.15) is 12.3 Å². The molecule has 76 valence electrons. The molecule has 1 atom stereocenters. The van der Waals surface area contributed by atoms with E-state index >= 15 is 0 Å². The molecule has 1 aromatic heterocycles. The summed E-state index contributed by atoms with van der Waals surface area (Å²) in [5, 5.41) is 2.91. The van der Waals surface area contributed by atoms with Gasteiger partial charge in [-0.25, -0.2) is 4.98 Å². The molecule has 1 saturated heterocycles. The summed E-state index contributed by atoms with van der Waals surface area (Å²) in [4.78, 5) is 17.2. The fraction of sp³-hybridized carbons (Fsp3) is 0.556. The summed E-state index contributed by atoms with van der Waals surface area (Å²) in [6.45, 7) is 3.85. The average Bonchev–Trinajstić information content (AvgIpc) is 2.65. The molecule has 0 bridgehead atoms. The van der Waals surface area contributed by atoms with Gasteiger partial charge in [-0.15, -0.1) is 11.3 Å². The van der Waals surface area contributed by atoms with Crippen LogP contribution in [-0.4, -0.2) is 37.1 Å². The molecule has 1 fully saturated rings. The Morgan fingerprint density at radius 3 is 3.29 bits per heavy atom. The Labute approximate surface area is 86.5 Å². The molecule has 0 aromatic carbocycles. The van der Waals surface area contributed by atoms with Crippen molar-refractivity contribution < 1.29 is 9.53 Å². The zero-order valence-electron chi connectivity index (χ0n) is 7.97. The number of hydrogen-bond donors (Lipinski definition) is 0. The minimum absolute atomic E-state index is 0.172. The highest BCUT2D eigenvalue weighted by Crippen LogP contribution is 2.23. The predicted molar refractivity (Wildman–Crippen MR) is 54.9 cm³/mol. The van der Waals surface area contributed by atoms with Gasteiger partial charge in [-0.05, 0) is 6.92 Å². The van der Waals surface area contributed by atoms with Crippen LogP contribution >= 0.6 is 11.3 Å². The summed E-state index contributed by atoms with van der Waals surface area (Å²) >= 11 is 1.58. The number of anilines is 1. The second kappa shape index (κ2) is 4.06. The first-order valence-electron chi connectivity index (χ1n) is 4.53. The van der Waals surface area contributed by atoms with E-state index < -0.39 is 0 Å². The van der Waals surface area contributed by atoms with Gasteiger partial charge in [-0.1, -0.05) is 0 Å². The van der Waals surface area contributed by atoms with Crippen molar-refractivity contribution in [3.05, 3.63) is 11.1 Å². The lowest BCUT2D eigenvalue weighted by Gasteiger charge is -2.31. The van der Waals surface area contributed by atoms with Gasteiger partial charge in [-0.2, -0.15) is 0 Å². The summed E-state index contributed by atoms with van der Waals surface area (Å²) in [5.41, 5.74) is 1.00. The Hall–Kier alpha value is -0.940. The van der Waals surface area contributed by atoms with E-state index in [1.54, 1.807) is 11.3 Å². The van der Waals surface area contributed by atoms with E-state index in [2.05, 4.69) is 4.98 Å². The summed E-state index contributed by atoms with van der Waals surface area (Å²) in [5.74, 6) is 0. The van der Waals surface area contributed by atoms with Gasteiger partial charge in [0.25, 0.3) is 0 Å². The van der Waals surface area contributed by atoms with Crippen LogP contribution < -0.4 is 4.90 Å². The molecule has 1 aromatic rings. The Morgan fingerprint density at radius 1 is 1.79 bits per heavy atom. The molecule has 4 nitrogen and oxygen atoms in total. The molecule has 5 heteroatoms. The average molecular weight is 212 g/mol. The topological polar surface area (TPSA) is 42.4 Å². The van der Waals surface area contributed by atoms with Crippen molar-refractivity contribution in [2.45, 2.75) is 13.0 Å². The third-order valence-corrected chi connectivity index (χ3v) is 3.17.